The molecule has 0 saturated carbocycles. The maximum absolute atomic E-state index is 12.6. The molecular weight excluding hydrogens is 401 g/mol. The number of quaternary nitrogens is 1. The molecular formula is C11H7F6IN2. The lowest BCUT2D eigenvalue weighted by atomic mass is 10.0. The van der Waals surface area contributed by atoms with Gasteiger partial charge in [-0.2, -0.15) is 31.3 Å². The van der Waals surface area contributed by atoms with Crippen molar-refractivity contribution in [2.24, 2.45) is 4.99 Å². The molecule has 0 bridgehead atoms. The first-order chi connectivity index (χ1) is 8.68. The smallest absolute Gasteiger partial charge is 0.416 e. The number of hydrogen-bond acceptors (Lipinski definition) is 1. The number of aliphatic imine (C=N–C) groups is 1. The molecule has 0 atom stereocenters. The van der Waals surface area contributed by atoms with E-state index >= 15 is 0 Å². The minimum Gasteiger partial charge on any atom is -1.00 e. The quantitative estimate of drug-likeness (QED) is 0.481. The van der Waals surface area contributed by atoms with Gasteiger partial charge >= 0.3 is 12.4 Å². The van der Waals surface area contributed by atoms with Crippen molar-refractivity contribution in [2.75, 3.05) is 0 Å². The Hall–Kier alpha value is -1.10. The average Bonchev–Trinajstić information content (AvgIpc) is 2.79. The van der Waals surface area contributed by atoms with E-state index in [4.69, 9.17) is 0 Å². The Balaban J connectivity index is 0.00000200. The van der Waals surface area contributed by atoms with Crippen molar-refractivity contribution >= 4 is 5.84 Å². The van der Waals surface area contributed by atoms with E-state index in [1.807, 2.05) is 0 Å². The number of nitrogens with two attached hydrogens (primary N) is 1. The second-order valence-electron chi connectivity index (χ2n) is 3.82. The van der Waals surface area contributed by atoms with Gasteiger partial charge in [-0.15, -0.1) is 0 Å². The highest BCUT2D eigenvalue weighted by molar-refractivity contribution is 5.93. The predicted molar refractivity (Wildman–Crippen MR) is 54.0 cm³/mol. The van der Waals surface area contributed by atoms with Gasteiger partial charge in [0.15, 0.2) is 0 Å². The molecule has 1 aliphatic rings. The van der Waals surface area contributed by atoms with Crippen molar-refractivity contribution in [3.8, 4) is 0 Å². The van der Waals surface area contributed by atoms with Gasteiger partial charge in [0.25, 0.3) is 0 Å². The molecule has 1 aromatic rings. The van der Waals surface area contributed by atoms with E-state index < -0.39 is 23.5 Å². The molecule has 2 N–H and O–H groups in total. The van der Waals surface area contributed by atoms with Crippen LogP contribution >= 0.6 is 0 Å². The maximum atomic E-state index is 12.6. The van der Waals surface area contributed by atoms with Crippen molar-refractivity contribution in [2.45, 2.75) is 12.4 Å². The third-order valence-electron chi connectivity index (χ3n) is 2.44. The van der Waals surface area contributed by atoms with Crippen LogP contribution in [-0.2, 0) is 12.4 Å². The van der Waals surface area contributed by atoms with Crippen LogP contribution < -0.4 is 29.3 Å². The summed E-state index contributed by atoms with van der Waals surface area (Å²) in [5.74, 6) is 0.0663. The van der Waals surface area contributed by atoms with Gasteiger partial charge in [0, 0.05) is 0 Å². The summed E-state index contributed by atoms with van der Waals surface area (Å²) in [7, 11) is 0. The SMILES string of the molecule is FC(F)(F)c1cc(C2=NC=C[NH2+]2)cc(C(F)(F)F)c1.[I-]. The Kier molecular flexibility index (Phi) is 4.85. The van der Waals surface area contributed by atoms with E-state index in [1.54, 1.807) is 0 Å². The minimum absolute atomic E-state index is 0. The van der Waals surface area contributed by atoms with Crippen LogP contribution in [0.5, 0.6) is 0 Å². The van der Waals surface area contributed by atoms with Crippen LogP contribution in [0.25, 0.3) is 0 Å². The zero-order chi connectivity index (χ0) is 14.3. The lowest BCUT2D eigenvalue weighted by Crippen LogP contribution is -3.00. The second kappa shape index (κ2) is 5.72. The summed E-state index contributed by atoms with van der Waals surface area (Å²) in [5.41, 5.74) is -2.91. The Morgan fingerprint density at radius 3 is 1.70 bits per heavy atom. The molecule has 0 fully saturated rings. The summed E-state index contributed by atoms with van der Waals surface area (Å²) in [6, 6.07) is 1.39. The highest BCUT2D eigenvalue weighted by Gasteiger charge is 2.37. The van der Waals surface area contributed by atoms with E-state index in [-0.39, 0.29) is 41.4 Å². The molecule has 0 unspecified atom stereocenters. The fourth-order valence-electron chi connectivity index (χ4n) is 1.57. The first-order valence-corrected chi connectivity index (χ1v) is 5.05. The lowest BCUT2D eigenvalue weighted by molar-refractivity contribution is -0.456. The molecule has 20 heavy (non-hydrogen) atoms. The Morgan fingerprint density at radius 1 is 0.850 bits per heavy atom. The molecule has 2 rings (SSSR count). The zero-order valence-corrected chi connectivity index (χ0v) is 11.7. The Labute approximate surface area is 126 Å². The van der Waals surface area contributed by atoms with Crippen LogP contribution in [0, 0.1) is 0 Å². The van der Waals surface area contributed by atoms with Gasteiger partial charge in [-0.25, -0.2) is 0 Å². The normalized spacial score (nSPS) is 15.0. The topological polar surface area (TPSA) is 29.0 Å². The van der Waals surface area contributed by atoms with Crippen molar-refractivity contribution < 1.29 is 55.6 Å². The number of alkyl halides is 6. The second-order valence-corrected chi connectivity index (χ2v) is 3.82. The average molecular weight is 408 g/mol. The molecule has 0 amide bonds. The molecule has 0 spiro atoms. The number of rotatable bonds is 1. The Morgan fingerprint density at radius 2 is 1.35 bits per heavy atom. The third-order valence-corrected chi connectivity index (χ3v) is 2.44. The maximum Gasteiger partial charge on any atom is 0.416 e. The largest absolute Gasteiger partial charge is 1.00 e. The zero-order valence-electron chi connectivity index (χ0n) is 9.56. The van der Waals surface area contributed by atoms with Gasteiger partial charge in [0.05, 0.1) is 22.9 Å². The molecule has 110 valence electrons. The molecule has 1 aliphatic heterocycles. The predicted octanol–water partition coefficient (Wildman–Crippen LogP) is -0.477. The van der Waals surface area contributed by atoms with Crippen LogP contribution in [0.1, 0.15) is 16.7 Å². The van der Waals surface area contributed by atoms with E-state index in [0.717, 1.165) is 0 Å². The van der Waals surface area contributed by atoms with Gasteiger partial charge in [-0.1, -0.05) is 0 Å². The molecule has 9 heteroatoms. The summed E-state index contributed by atoms with van der Waals surface area (Å²) in [5, 5.41) is 1.34. The molecule has 2 nitrogen and oxygen atoms in total. The van der Waals surface area contributed by atoms with Crippen LogP contribution in [-0.4, -0.2) is 5.84 Å². The summed E-state index contributed by atoms with van der Waals surface area (Å²) >= 11 is 0. The first kappa shape index (κ1) is 17.0. The standard InChI is InChI=1S/C11H6F6N2.HI/c12-10(13,14)7-3-6(9-18-1-2-19-9)4-8(5-7)11(15,16)17;/h1-5H,(H,18,19);1H. The van der Waals surface area contributed by atoms with Gasteiger partial charge in [-0.3, -0.25) is 5.32 Å². The van der Waals surface area contributed by atoms with E-state index in [2.05, 4.69) is 4.99 Å². The molecule has 0 aromatic heterocycles. The Bertz CT molecular complexity index is 527. The fraction of sp³-hybridized carbons (Fsp3) is 0.182. The van der Waals surface area contributed by atoms with Gasteiger partial charge in [0.1, 0.15) is 6.20 Å². The lowest BCUT2D eigenvalue weighted by Gasteiger charge is -2.13. The monoisotopic (exact) mass is 408 g/mol. The molecule has 0 aliphatic carbocycles. The van der Waals surface area contributed by atoms with E-state index in [1.165, 1.54) is 17.7 Å². The van der Waals surface area contributed by atoms with Crippen LogP contribution in [0.3, 0.4) is 0 Å². The molecule has 0 saturated heterocycles. The van der Waals surface area contributed by atoms with E-state index in [0.29, 0.717) is 12.1 Å². The van der Waals surface area contributed by atoms with Crippen molar-refractivity contribution in [1.29, 1.82) is 0 Å². The highest BCUT2D eigenvalue weighted by Crippen LogP contribution is 2.36. The molecule has 1 heterocycles. The van der Waals surface area contributed by atoms with E-state index in [9.17, 15) is 26.3 Å². The van der Waals surface area contributed by atoms with Gasteiger partial charge in [-0.05, 0) is 18.2 Å². The van der Waals surface area contributed by atoms with Gasteiger partial charge < -0.3 is 24.0 Å². The van der Waals surface area contributed by atoms with Crippen LogP contribution in [0.15, 0.2) is 35.6 Å². The number of halogens is 7. The van der Waals surface area contributed by atoms with Gasteiger partial charge in [0.2, 0.25) is 5.84 Å². The number of benzene rings is 1. The number of amidine groups is 1. The third kappa shape index (κ3) is 3.72. The molecule has 1 aromatic carbocycles. The van der Waals surface area contributed by atoms with Crippen LogP contribution in [0.4, 0.5) is 26.3 Å². The fourth-order valence-corrected chi connectivity index (χ4v) is 1.57. The summed E-state index contributed by atoms with van der Waals surface area (Å²) in [6.45, 7) is 0. The highest BCUT2D eigenvalue weighted by atomic mass is 127. The summed E-state index contributed by atoms with van der Waals surface area (Å²) in [6.07, 6.45) is -6.96. The minimum atomic E-state index is -4.84. The summed E-state index contributed by atoms with van der Waals surface area (Å²) in [4.78, 5) is 3.70. The first-order valence-electron chi connectivity index (χ1n) is 5.05. The van der Waals surface area contributed by atoms with Crippen molar-refractivity contribution in [3.05, 3.63) is 47.3 Å². The summed E-state index contributed by atoms with van der Waals surface area (Å²) < 4.78 is 75.5. The molecule has 0 radical (unpaired) electrons. The van der Waals surface area contributed by atoms with Crippen LogP contribution in [0.2, 0.25) is 0 Å². The number of nitrogens with zero attached hydrogens (tertiary/aromatic N) is 1. The van der Waals surface area contributed by atoms with Crippen molar-refractivity contribution in [3.63, 3.8) is 0 Å². The van der Waals surface area contributed by atoms with Crippen molar-refractivity contribution in [1.82, 2.24) is 0 Å². The number of hydrogen-bond donors (Lipinski definition) is 1.